The first-order valence-electron chi connectivity index (χ1n) is 4.41. The molecule has 16 heavy (non-hydrogen) atoms. The van der Waals surface area contributed by atoms with Crippen molar-refractivity contribution >= 4 is 17.5 Å². The van der Waals surface area contributed by atoms with Gasteiger partial charge in [0.1, 0.15) is 0 Å². The van der Waals surface area contributed by atoms with Gasteiger partial charge in [0.2, 0.25) is 5.91 Å². The molecule has 6 nitrogen and oxygen atoms in total. The van der Waals surface area contributed by atoms with E-state index in [1.807, 2.05) is 0 Å². The van der Waals surface area contributed by atoms with Crippen LogP contribution < -0.4 is 5.69 Å². The zero-order valence-electron chi connectivity index (χ0n) is 8.29. The molecule has 2 rings (SSSR count). The van der Waals surface area contributed by atoms with E-state index in [4.69, 9.17) is 11.6 Å². The molecule has 2 aromatic rings. The van der Waals surface area contributed by atoms with Gasteiger partial charge in [-0.25, -0.2) is 4.79 Å². The van der Waals surface area contributed by atoms with Crippen LogP contribution in [-0.4, -0.2) is 25.7 Å². The summed E-state index contributed by atoms with van der Waals surface area (Å²) in [4.78, 5) is 22.7. The molecular weight excluding hydrogens is 232 g/mol. The molecule has 0 aliphatic rings. The van der Waals surface area contributed by atoms with Crippen molar-refractivity contribution in [3.63, 3.8) is 0 Å². The summed E-state index contributed by atoms with van der Waals surface area (Å²) in [5.41, 5.74) is -0.153. The summed E-state index contributed by atoms with van der Waals surface area (Å²) in [6.07, 6.45) is 0. The third-order valence-corrected chi connectivity index (χ3v) is 2.17. The van der Waals surface area contributed by atoms with Gasteiger partial charge >= 0.3 is 5.69 Å². The van der Waals surface area contributed by atoms with Crippen molar-refractivity contribution in [2.45, 2.75) is 6.92 Å². The SMILES string of the molecule is CC(=O)n1nnn(-c2cccc(Cl)c2)c1=O. The van der Waals surface area contributed by atoms with Gasteiger partial charge in [0.15, 0.2) is 0 Å². The number of halogens is 1. The zero-order chi connectivity index (χ0) is 11.7. The summed E-state index contributed by atoms with van der Waals surface area (Å²) in [6.45, 7) is 1.23. The third-order valence-electron chi connectivity index (χ3n) is 1.93. The summed E-state index contributed by atoms with van der Waals surface area (Å²) in [6, 6.07) is 6.55. The van der Waals surface area contributed by atoms with Gasteiger partial charge in [-0.05, 0) is 28.6 Å². The van der Waals surface area contributed by atoms with Crippen molar-refractivity contribution in [1.82, 2.24) is 19.8 Å². The standard InChI is InChI=1S/C9H7ClN4O2/c1-6(15)13-9(16)14(12-11-13)8-4-2-3-7(10)5-8/h2-5H,1H3. The van der Waals surface area contributed by atoms with E-state index in [1.165, 1.54) is 6.92 Å². The molecule has 0 unspecified atom stereocenters. The number of hydrogen-bond donors (Lipinski definition) is 0. The van der Waals surface area contributed by atoms with Crippen molar-refractivity contribution in [3.05, 3.63) is 39.8 Å². The van der Waals surface area contributed by atoms with Crippen molar-refractivity contribution in [1.29, 1.82) is 0 Å². The fourth-order valence-corrected chi connectivity index (χ4v) is 1.40. The van der Waals surface area contributed by atoms with Gasteiger partial charge in [0, 0.05) is 11.9 Å². The minimum atomic E-state index is -0.616. The Labute approximate surface area is 95.0 Å². The van der Waals surface area contributed by atoms with E-state index >= 15 is 0 Å². The van der Waals surface area contributed by atoms with Gasteiger partial charge in [0.25, 0.3) is 0 Å². The second kappa shape index (κ2) is 3.90. The van der Waals surface area contributed by atoms with Crippen LogP contribution in [-0.2, 0) is 0 Å². The van der Waals surface area contributed by atoms with Crippen LogP contribution in [0.15, 0.2) is 29.1 Å². The molecule has 0 bridgehead atoms. The van der Waals surface area contributed by atoms with Gasteiger partial charge < -0.3 is 0 Å². The first kappa shape index (κ1) is 10.6. The second-order valence-corrected chi connectivity index (χ2v) is 3.52. The van der Waals surface area contributed by atoms with Crippen LogP contribution in [0.4, 0.5) is 0 Å². The molecule has 0 spiro atoms. The number of hydrogen-bond acceptors (Lipinski definition) is 4. The maximum atomic E-state index is 11.7. The van der Waals surface area contributed by atoms with E-state index in [0.29, 0.717) is 15.4 Å². The van der Waals surface area contributed by atoms with Crippen LogP contribution in [0.3, 0.4) is 0 Å². The Morgan fingerprint density at radius 3 is 2.69 bits per heavy atom. The normalized spacial score (nSPS) is 10.4. The first-order chi connectivity index (χ1) is 7.59. The molecule has 1 aromatic carbocycles. The monoisotopic (exact) mass is 238 g/mol. The average molecular weight is 239 g/mol. The summed E-state index contributed by atoms with van der Waals surface area (Å²) in [7, 11) is 0. The summed E-state index contributed by atoms with van der Waals surface area (Å²) in [5, 5.41) is 7.51. The molecule has 0 atom stereocenters. The van der Waals surface area contributed by atoms with Crippen LogP contribution >= 0.6 is 11.6 Å². The molecule has 1 heterocycles. The molecule has 0 aliphatic carbocycles. The predicted molar refractivity (Wildman–Crippen MR) is 56.9 cm³/mol. The lowest BCUT2D eigenvalue weighted by Gasteiger charge is -1.97. The lowest BCUT2D eigenvalue weighted by Crippen LogP contribution is -2.27. The maximum absolute atomic E-state index is 11.7. The highest BCUT2D eigenvalue weighted by Crippen LogP contribution is 2.11. The van der Waals surface area contributed by atoms with Crippen LogP contribution in [0, 0.1) is 0 Å². The van der Waals surface area contributed by atoms with Crippen LogP contribution in [0.25, 0.3) is 5.69 Å². The minimum Gasteiger partial charge on any atom is -0.273 e. The molecule has 0 N–H and O–H groups in total. The fraction of sp³-hybridized carbons (Fsp3) is 0.111. The second-order valence-electron chi connectivity index (χ2n) is 3.08. The number of aromatic nitrogens is 4. The predicted octanol–water partition coefficient (Wildman–Crippen LogP) is 0.742. The largest absolute Gasteiger partial charge is 0.375 e. The molecule has 1 aromatic heterocycles. The van der Waals surface area contributed by atoms with E-state index in [0.717, 1.165) is 4.68 Å². The van der Waals surface area contributed by atoms with E-state index in [2.05, 4.69) is 10.4 Å². The summed E-state index contributed by atoms with van der Waals surface area (Å²) in [5.74, 6) is -0.488. The lowest BCUT2D eigenvalue weighted by atomic mass is 10.3. The van der Waals surface area contributed by atoms with E-state index < -0.39 is 11.6 Å². The Morgan fingerprint density at radius 1 is 1.38 bits per heavy atom. The van der Waals surface area contributed by atoms with Gasteiger partial charge in [-0.3, -0.25) is 4.79 Å². The Hall–Kier alpha value is -1.95. The van der Waals surface area contributed by atoms with Gasteiger partial charge in [0.05, 0.1) is 5.69 Å². The number of rotatable bonds is 1. The van der Waals surface area contributed by atoms with Crippen molar-refractivity contribution < 1.29 is 4.79 Å². The smallest absolute Gasteiger partial charge is 0.273 e. The fourth-order valence-electron chi connectivity index (χ4n) is 1.21. The molecule has 82 valence electrons. The number of carbonyl (C=O) groups is 1. The minimum absolute atomic E-state index is 0.463. The lowest BCUT2D eigenvalue weighted by molar-refractivity contribution is 0.0914. The summed E-state index contributed by atoms with van der Waals surface area (Å²) < 4.78 is 1.69. The van der Waals surface area contributed by atoms with Crippen LogP contribution in [0.2, 0.25) is 5.02 Å². The number of benzene rings is 1. The van der Waals surface area contributed by atoms with Crippen molar-refractivity contribution in [3.8, 4) is 5.69 Å². The molecule has 0 aliphatic heterocycles. The third kappa shape index (κ3) is 1.74. The Bertz CT molecular complexity index is 602. The highest BCUT2D eigenvalue weighted by atomic mass is 35.5. The Kier molecular flexibility index (Phi) is 2.57. The Morgan fingerprint density at radius 2 is 2.12 bits per heavy atom. The molecule has 7 heteroatoms. The Balaban J connectivity index is 2.58. The van der Waals surface area contributed by atoms with Gasteiger partial charge in [-0.2, -0.15) is 4.68 Å². The molecular formula is C9H7ClN4O2. The topological polar surface area (TPSA) is 69.8 Å². The van der Waals surface area contributed by atoms with Gasteiger partial charge in [-0.15, -0.1) is 4.68 Å². The first-order valence-corrected chi connectivity index (χ1v) is 4.79. The number of tetrazole rings is 1. The van der Waals surface area contributed by atoms with Crippen molar-refractivity contribution in [2.24, 2.45) is 0 Å². The van der Waals surface area contributed by atoms with Gasteiger partial charge in [-0.1, -0.05) is 17.7 Å². The highest BCUT2D eigenvalue weighted by Gasteiger charge is 2.11. The summed E-state index contributed by atoms with van der Waals surface area (Å²) >= 11 is 5.78. The molecule has 0 amide bonds. The van der Waals surface area contributed by atoms with E-state index in [1.54, 1.807) is 24.3 Å². The number of carbonyl (C=O) groups excluding carboxylic acids is 1. The molecule has 0 saturated carbocycles. The number of nitrogens with zero attached hydrogens (tertiary/aromatic N) is 4. The van der Waals surface area contributed by atoms with E-state index in [9.17, 15) is 9.59 Å². The quantitative estimate of drug-likeness (QED) is 0.687. The maximum Gasteiger partial charge on any atom is 0.375 e. The zero-order valence-corrected chi connectivity index (χ0v) is 9.05. The van der Waals surface area contributed by atoms with E-state index in [-0.39, 0.29) is 0 Å². The average Bonchev–Trinajstić information content (AvgIpc) is 2.60. The van der Waals surface area contributed by atoms with Crippen molar-refractivity contribution in [2.75, 3.05) is 0 Å². The van der Waals surface area contributed by atoms with Crippen LogP contribution in [0.1, 0.15) is 11.7 Å². The highest BCUT2D eigenvalue weighted by molar-refractivity contribution is 6.30. The van der Waals surface area contributed by atoms with Crippen LogP contribution in [0.5, 0.6) is 0 Å². The molecule has 0 saturated heterocycles. The molecule has 0 fully saturated rings. The molecule has 0 radical (unpaired) electrons.